The van der Waals surface area contributed by atoms with E-state index in [9.17, 15) is 4.79 Å². The van der Waals surface area contributed by atoms with Crippen LogP contribution in [0.15, 0.2) is 42.6 Å². The number of nitrogens with zero attached hydrogens (tertiary/aromatic N) is 1. The lowest BCUT2D eigenvalue weighted by molar-refractivity contribution is 0.103. The van der Waals surface area contributed by atoms with E-state index in [0.717, 1.165) is 0 Å². The Bertz CT molecular complexity index is 540. The van der Waals surface area contributed by atoms with Gasteiger partial charge in [-0.05, 0) is 24.3 Å². The first-order valence-corrected chi connectivity index (χ1v) is 5.07. The summed E-state index contributed by atoms with van der Waals surface area (Å²) in [5, 5.41) is 0.514. The molecule has 0 radical (unpaired) electrons. The number of benzene rings is 1. The maximum atomic E-state index is 12.0. The van der Waals surface area contributed by atoms with E-state index in [-0.39, 0.29) is 11.5 Å². The molecule has 2 N–H and O–H groups in total. The molecule has 1 aromatic carbocycles. The van der Waals surface area contributed by atoms with Crippen LogP contribution in [-0.4, -0.2) is 10.8 Å². The molecule has 3 nitrogen and oxygen atoms in total. The summed E-state index contributed by atoms with van der Waals surface area (Å²) in [5.74, 6) is -0.222. The Morgan fingerprint density at radius 2 is 2.06 bits per heavy atom. The number of pyridine rings is 1. The van der Waals surface area contributed by atoms with E-state index in [4.69, 9.17) is 17.3 Å². The molecule has 0 spiro atoms. The largest absolute Gasteiger partial charge is 0.397 e. The molecule has 4 heteroatoms. The van der Waals surface area contributed by atoms with Crippen molar-refractivity contribution in [2.45, 2.75) is 0 Å². The minimum absolute atomic E-state index is 0.222. The predicted octanol–water partition coefficient (Wildman–Crippen LogP) is 2.55. The summed E-state index contributed by atoms with van der Waals surface area (Å²) in [5.41, 5.74) is 6.79. The molecule has 1 heterocycles. The third-order valence-electron chi connectivity index (χ3n) is 2.14. The number of hydrogen-bond donors (Lipinski definition) is 1. The number of ketones is 1. The summed E-state index contributed by atoms with van der Waals surface area (Å²) in [6.45, 7) is 0. The van der Waals surface area contributed by atoms with Crippen molar-refractivity contribution in [2.24, 2.45) is 0 Å². The third kappa shape index (κ3) is 2.04. The Morgan fingerprint density at radius 3 is 2.75 bits per heavy atom. The third-order valence-corrected chi connectivity index (χ3v) is 2.38. The number of anilines is 1. The molecule has 2 rings (SSSR count). The van der Waals surface area contributed by atoms with Gasteiger partial charge in [0.05, 0.1) is 5.69 Å². The van der Waals surface area contributed by atoms with Crippen LogP contribution in [0.25, 0.3) is 0 Å². The van der Waals surface area contributed by atoms with Crippen LogP contribution in [0.1, 0.15) is 16.1 Å². The Morgan fingerprint density at radius 1 is 1.25 bits per heavy atom. The summed E-state index contributed by atoms with van der Waals surface area (Å²) in [7, 11) is 0. The molecule has 0 saturated heterocycles. The van der Waals surface area contributed by atoms with Crippen LogP contribution < -0.4 is 5.73 Å². The Hall–Kier alpha value is -1.87. The second kappa shape index (κ2) is 4.33. The molecule has 0 amide bonds. The summed E-state index contributed by atoms with van der Waals surface area (Å²) >= 11 is 5.81. The number of carbonyl (C=O) groups excluding carboxylic acids is 1. The van der Waals surface area contributed by atoms with Gasteiger partial charge < -0.3 is 5.73 Å². The Labute approximate surface area is 97.9 Å². The molecule has 0 bridgehead atoms. The summed E-state index contributed by atoms with van der Waals surface area (Å²) in [4.78, 5) is 16.0. The van der Waals surface area contributed by atoms with Crippen molar-refractivity contribution >= 4 is 23.1 Å². The normalized spacial score (nSPS) is 10.1. The van der Waals surface area contributed by atoms with E-state index in [0.29, 0.717) is 16.3 Å². The van der Waals surface area contributed by atoms with E-state index < -0.39 is 0 Å². The first-order valence-electron chi connectivity index (χ1n) is 4.69. The van der Waals surface area contributed by atoms with Crippen LogP contribution in [0.2, 0.25) is 5.02 Å². The lowest BCUT2D eigenvalue weighted by Gasteiger charge is -2.03. The van der Waals surface area contributed by atoms with Crippen molar-refractivity contribution < 1.29 is 4.79 Å². The second-order valence-electron chi connectivity index (χ2n) is 3.28. The quantitative estimate of drug-likeness (QED) is 0.810. The van der Waals surface area contributed by atoms with Crippen molar-refractivity contribution in [3.8, 4) is 0 Å². The first kappa shape index (κ1) is 10.6. The molecular weight excluding hydrogens is 224 g/mol. The SMILES string of the molecule is Nc1cccnc1C(=O)c1cccc(Cl)c1. The lowest BCUT2D eigenvalue weighted by atomic mass is 10.1. The van der Waals surface area contributed by atoms with Crippen LogP contribution >= 0.6 is 11.6 Å². The fraction of sp³-hybridized carbons (Fsp3) is 0. The molecule has 0 atom stereocenters. The van der Waals surface area contributed by atoms with Crippen LogP contribution in [0.3, 0.4) is 0 Å². The number of rotatable bonds is 2. The zero-order chi connectivity index (χ0) is 11.5. The number of nitrogen functional groups attached to an aromatic ring is 1. The molecular formula is C12H9ClN2O. The summed E-state index contributed by atoms with van der Waals surface area (Å²) in [6.07, 6.45) is 1.54. The topological polar surface area (TPSA) is 56.0 Å². The number of halogens is 1. The van der Waals surface area contributed by atoms with Crippen LogP contribution in [-0.2, 0) is 0 Å². The molecule has 0 aliphatic rings. The van der Waals surface area contributed by atoms with Crippen molar-refractivity contribution in [1.29, 1.82) is 0 Å². The minimum atomic E-state index is -0.222. The molecule has 16 heavy (non-hydrogen) atoms. The highest BCUT2D eigenvalue weighted by molar-refractivity contribution is 6.31. The van der Waals surface area contributed by atoms with Gasteiger partial charge >= 0.3 is 0 Å². The Kier molecular flexibility index (Phi) is 2.88. The van der Waals surface area contributed by atoms with Gasteiger partial charge in [-0.3, -0.25) is 9.78 Å². The zero-order valence-corrected chi connectivity index (χ0v) is 9.11. The molecule has 0 aliphatic heterocycles. The highest BCUT2D eigenvalue weighted by Gasteiger charge is 2.13. The number of hydrogen-bond acceptors (Lipinski definition) is 3. The van der Waals surface area contributed by atoms with E-state index >= 15 is 0 Å². The van der Waals surface area contributed by atoms with Gasteiger partial charge in [0.15, 0.2) is 0 Å². The average Bonchev–Trinajstić information content (AvgIpc) is 2.29. The van der Waals surface area contributed by atoms with Gasteiger partial charge in [0.25, 0.3) is 0 Å². The molecule has 2 aromatic rings. The van der Waals surface area contributed by atoms with E-state index in [1.807, 2.05) is 0 Å². The number of aromatic nitrogens is 1. The zero-order valence-electron chi connectivity index (χ0n) is 8.35. The summed E-state index contributed by atoms with van der Waals surface area (Å²) in [6, 6.07) is 10.0. The maximum Gasteiger partial charge on any atom is 0.213 e. The summed E-state index contributed by atoms with van der Waals surface area (Å²) < 4.78 is 0. The molecule has 0 aliphatic carbocycles. The molecule has 1 aromatic heterocycles. The van der Waals surface area contributed by atoms with E-state index in [1.165, 1.54) is 6.20 Å². The van der Waals surface area contributed by atoms with E-state index in [2.05, 4.69) is 4.98 Å². The molecule has 0 fully saturated rings. The van der Waals surface area contributed by atoms with Gasteiger partial charge in [0.1, 0.15) is 5.69 Å². The minimum Gasteiger partial charge on any atom is -0.397 e. The Balaban J connectivity index is 2.44. The molecule has 0 unspecified atom stereocenters. The van der Waals surface area contributed by atoms with Crippen LogP contribution in [0.4, 0.5) is 5.69 Å². The van der Waals surface area contributed by atoms with Gasteiger partial charge in [-0.2, -0.15) is 0 Å². The highest BCUT2D eigenvalue weighted by Crippen LogP contribution is 2.16. The van der Waals surface area contributed by atoms with Crippen molar-refractivity contribution in [2.75, 3.05) is 5.73 Å². The predicted molar refractivity (Wildman–Crippen MR) is 63.5 cm³/mol. The van der Waals surface area contributed by atoms with Crippen molar-refractivity contribution in [3.63, 3.8) is 0 Å². The smallest absolute Gasteiger partial charge is 0.213 e. The van der Waals surface area contributed by atoms with Crippen molar-refractivity contribution in [3.05, 3.63) is 58.9 Å². The van der Waals surface area contributed by atoms with Gasteiger partial charge in [-0.25, -0.2) is 0 Å². The lowest BCUT2D eigenvalue weighted by Crippen LogP contribution is -2.07. The van der Waals surface area contributed by atoms with Gasteiger partial charge in [0.2, 0.25) is 5.78 Å². The highest BCUT2D eigenvalue weighted by atomic mass is 35.5. The van der Waals surface area contributed by atoms with Crippen molar-refractivity contribution in [1.82, 2.24) is 4.98 Å². The molecule has 80 valence electrons. The van der Waals surface area contributed by atoms with Crippen LogP contribution in [0.5, 0.6) is 0 Å². The fourth-order valence-corrected chi connectivity index (χ4v) is 1.56. The number of carbonyl (C=O) groups is 1. The van der Waals surface area contributed by atoms with E-state index in [1.54, 1.807) is 36.4 Å². The van der Waals surface area contributed by atoms with Crippen LogP contribution in [0, 0.1) is 0 Å². The maximum absolute atomic E-state index is 12.0. The first-order chi connectivity index (χ1) is 7.68. The molecule has 0 saturated carbocycles. The van der Waals surface area contributed by atoms with Gasteiger partial charge in [0, 0.05) is 16.8 Å². The fourth-order valence-electron chi connectivity index (χ4n) is 1.37. The number of nitrogens with two attached hydrogens (primary N) is 1. The van der Waals surface area contributed by atoms with Gasteiger partial charge in [-0.1, -0.05) is 23.7 Å². The monoisotopic (exact) mass is 232 g/mol. The average molecular weight is 233 g/mol. The second-order valence-corrected chi connectivity index (χ2v) is 3.72. The van der Waals surface area contributed by atoms with Gasteiger partial charge in [-0.15, -0.1) is 0 Å². The standard InChI is InChI=1S/C12H9ClN2O/c13-9-4-1-3-8(7-9)12(16)11-10(14)5-2-6-15-11/h1-7H,14H2.